The van der Waals surface area contributed by atoms with Crippen molar-refractivity contribution in [2.45, 2.75) is 214 Å². The molecule has 5 amide bonds. The predicted octanol–water partition coefficient (Wildman–Crippen LogP) is 6.90. The minimum atomic E-state index is -1.80. The van der Waals surface area contributed by atoms with Crippen molar-refractivity contribution < 1.29 is 97.2 Å². The highest BCUT2D eigenvalue weighted by atomic mass is 33.1. The normalized spacial score (nSPS) is 15.5. The van der Waals surface area contributed by atoms with Gasteiger partial charge >= 0.3 is 35.5 Å². The van der Waals surface area contributed by atoms with E-state index in [1.807, 2.05) is 60.4 Å². The van der Waals surface area contributed by atoms with Gasteiger partial charge in [-0.15, -0.1) is 11.3 Å². The number of aromatic hydroxyl groups is 1. The number of nitro groups is 1. The Balaban J connectivity index is 1.02. The number of ether oxygens (including phenoxy) is 2. The number of H-pyrrole nitrogens is 1. The van der Waals surface area contributed by atoms with Gasteiger partial charge in [0.1, 0.15) is 18.3 Å². The van der Waals surface area contributed by atoms with Gasteiger partial charge in [-0.25, -0.2) is 19.7 Å². The number of nitrogens with two attached hydrogens (primary N) is 2. The third-order valence-corrected chi connectivity index (χ3v) is 24.7. The number of guanidine groups is 1. The summed E-state index contributed by atoms with van der Waals surface area (Å²) in [5, 5.41) is 77.7. The molecule has 1 unspecified atom stereocenters. The van der Waals surface area contributed by atoms with Gasteiger partial charge in [0.15, 0.2) is 47.0 Å². The number of fused-ring (bicyclic) bond motifs is 1. The van der Waals surface area contributed by atoms with Crippen molar-refractivity contribution in [3.8, 4) is 5.75 Å². The molecule has 0 saturated carbocycles. The molecule has 4 heterocycles. The molecule has 1 aliphatic heterocycles. The van der Waals surface area contributed by atoms with E-state index in [9.17, 15) is 92.9 Å². The first kappa shape index (κ1) is 102. The number of anilines is 2. The van der Waals surface area contributed by atoms with E-state index in [-0.39, 0.29) is 146 Å². The Hall–Kier alpha value is -11.3. The zero-order valence-corrected chi connectivity index (χ0v) is 73.6. The fourth-order valence-electron chi connectivity index (χ4n) is 14.0. The van der Waals surface area contributed by atoms with Crippen LogP contribution in [-0.4, -0.2) is 224 Å². The number of ketones is 3. The van der Waals surface area contributed by atoms with Gasteiger partial charge in [0.25, 0.3) is 17.4 Å². The average Bonchev–Trinajstić information content (AvgIpc) is 0.885. The van der Waals surface area contributed by atoms with Crippen LogP contribution in [0.25, 0.3) is 11.2 Å². The Morgan fingerprint density at radius 2 is 1.52 bits per heavy atom. The van der Waals surface area contributed by atoms with Crippen molar-refractivity contribution in [1.29, 1.82) is 5.41 Å². The number of phenols is 1. The average molecular weight is 1790 g/mol. The van der Waals surface area contributed by atoms with Crippen LogP contribution in [0.2, 0.25) is 0 Å². The Morgan fingerprint density at radius 3 is 2.17 bits per heavy atom. The number of aromatic nitrogens is 5. The summed E-state index contributed by atoms with van der Waals surface area (Å²) in [5.74, 6) is -17.3. The molecule has 124 heavy (non-hydrogen) atoms. The summed E-state index contributed by atoms with van der Waals surface area (Å²) in [7, 11) is 3.98. The van der Waals surface area contributed by atoms with Crippen LogP contribution in [0.3, 0.4) is 0 Å². The van der Waals surface area contributed by atoms with E-state index in [0.29, 0.717) is 41.2 Å². The Morgan fingerprint density at radius 1 is 0.815 bits per heavy atom. The molecule has 1 aliphatic rings. The minimum absolute atomic E-state index is 0.00812. The molecule has 6 rings (SSSR count). The lowest BCUT2D eigenvalue weighted by molar-refractivity contribution is -0.385. The molecule has 42 heteroatoms. The second-order valence-electron chi connectivity index (χ2n) is 31.9. The number of piperidine rings is 1. The van der Waals surface area contributed by atoms with Crippen LogP contribution >= 0.6 is 32.9 Å². The van der Waals surface area contributed by atoms with Gasteiger partial charge in [0.05, 0.1) is 64.7 Å². The van der Waals surface area contributed by atoms with Gasteiger partial charge in [-0.2, -0.15) is 4.98 Å². The van der Waals surface area contributed by atoms with Gasteiger partial charge in [0.2, 0.25) is 23.7 Å². The van der Waals surface area contributed by atoms with Crippen molar-refractivity contribution in [3.63, 3.8) is 0 Å². The second kappa shape index (κ2) is 49.9. The molecule has 0 spiro atoms. The molecule has 12 atom stereocenters. The number of hydrogen-bond donors (Lipinski definition) is 14. The molecule has 0 aliphatic carbocycles. The molecule has 2 aromatic carbocycles. The molecule has 16 N–H and O–H groups in total. The van der Waals surface area contributed by atoms with E-state index in [0.717, 1.165) is 53.1 Å². The van der Waals surface area contributed by atoms with Gasteiger partial charge in [0, 0.05) is 103 Å². The van der Waals surface area contributed by atoms with Crippen molar-refractivity contribution in [2.75, 3.05) is 56.0 Å². The molecule has 678 valence electrons. The quantitative estimate of drug-likeness (QED) is 0.00275. The van der Waals surface area contributed by atoms with Crippen LogP contribution in [0.1, 0.15) is 202 Å². The molecule has 0 radical (unpaired) electrons. The molecular weight excluding hydrogens is 1670 g/mol. The lowest BCUT2D eigenvalue weighted by Crippen LogP contribution is -2.50. The highest BCUT2D eigenvalue weighted by Crippen LogP contribution is 2.35. The fraction of sp³-hybridized carbons (Fsp3) is 0.573. The number of rotatable bonds is 54. The number of phenolic OH excluding ortho intramolecular Hbond substituents is 1. The van der Waals surface area contributed by atoms with Crippen LogP contribution in [0.4, 0.5) is 17.3 Å². The molecule has 3 aromatic heterocycles. The van der Waals surface area contributed by atoms with Gasteiger partial charge in [-0.3, -0.25) is 87.7 Å². The summed E-state index contributed by atoms with van der Waals surface area (Å²) in [6.07, 6.45) is 1.61. The number of carbonyl (C=O) groups is 13. The highest BCUT2D eigenvalue weighted by molar-refractivity contribution is 8.76. The standard InChI is InChI=1S/C82H115N17O22S3/c1-11-45(6)56(36-66(103)60-16-12-13-26-97(60)10)77(112)98(42-121-69(107)29-43(2)3)61(44(4)5)31-46(7)76-94-59(41-122-76)74(110)91-54(32-49-17-23-63(100)62(33-49)99(118)119)30-47(8)80(117)120-27-28-123-124-40-52(78(113)114)35-65(102)58(37-68(105)106)93-73(109)51(15-14-25-86-81(83)84)34-64(101)48(9)89-67(104)24-22-57(79(115)116)92-72(108)50-18-20-53(21-19-50)87-38-55-39-88-71-70(90-55)75(111)96-82(85)95-71/h17-21,23,33,39,41,43-48,51-52,54,56-58,60-61,87,100H,11-16,22,24-32,34-38,40,42H2,1-10H3,(H,89,104)(H,91,110)(H,92,108)(H,93,109)(H,105,106)(H,113,114)(H,115,116)(H4,83,84,86)(H3,85,88,95,96,111)/t45?,46-,47+,48+,51-,52+,54-,56+,57+,58+,60-,61-/m1/s1. The summed E-state index contributed by atoms with van der Waals surface area (Å²) in [5.41, 5.74) is 11.1. The number of amides is 5. The number of esters is 2. The maximum atomic E-state index is 15.1. The molecule has 1 saturated heterocycles. The smallest absolute Gasteiger partial charge is 0.326 e. The minimum Gasteiger partial charge on any atom is -0.502 e. The highest BCUT2D eigenvalue weighted by Gasteiger charge is 2.40. The molecule has 0 bridgehead atoms. The number of aromatic amines is 1. The number of nitro benzene ring substituents is 1. The summed E-state index contributed by atoms with van der Waals surface area (Å²) in [6.45, 7) is 16.7. The summed E-state index contributed by atoms with van der Waals surface area (Å²) in [4.78, 5) is 222. The number of carboxylic acids is 3. The number of nitrogen functional groups attached to an aromatic ring is 1. The number of thiazole rings is 1. The first-order chi connectivity index (χ1) is 58.6. The summed E-state index contributed by atoms with van der Waals surface area (Å²) >= 11 is 1.20. The van der Waals surface area contributed by atoms with E-state index < -0.39 is 179 Å². The maximum Gasteiger partial charge on any atom is 0.326 e. The van der Waals surface area contributed by atoms with E-state index in [1.165, 1.54) is 61.7 Å². The Kier molecular flexibility index (Phi) is 40.8. The number of likely N-dealkylation sites (tertiary alicyclic amines) is 1. The molecule has 5 aromatic rings. The number of benzene rings is 2. The Labute approximate surface area is 728 Å². The zero-order valence-electron chi connectivity index (χ0n) is 71.2. The monoisotopic (exact) mass is 1790 g/mol. The number of hydrogen-bond acceptors (Lipinski definition) is 30. The molecular formula is C82H115N17O22S3. The van der Waals surface area contributed by atoms with Crippen LogP contribution in [0, 0.1) is 56.9 Å². The SMILES string of the molecule is CCC(C)[C@H](CC(=O)[C@H]1CCCCN1C)C(=O)N(COC(=O)CC(C)C)[C@H](C[C@@H](C)c1nc(C(=O)N[C@@H](Cc2ccc(O)c([N+](=O)[O-])c2)C[C@H](C)C(=O)OCCSSC[C@H](CC(=O)[C@H](CC(=O)O)NC(=O)[C@H](CCCNC(=N)N)CC(=O)[C@H](C)NC(=O)CC[C@H](NC(=O)c2ccc(NCc3cnc4nc(N)[nH]c(=O)c4n3)cc2)C(=O)O)C(=O)O)cs1)C(C)C. The first-order valence-electron chi connectivity index (χ1n) is 41.0. The summed E-state index contributed by atoms with van der Waals surface area (Å²) < 4.78 is 11.4. The first-order valence-corrected chi connectivity index (χ1v) is 44.4. The fourth-order valence-corrected chi connectivity index (χ4v) is 17.0. The number of carboxylic acid groups (broad SMARTS) is 3. The van der Waals surface area contributed by atoms with Gasteiger partial charge in [-0.1, -0.05) is 95.9 Å². The molecule has 1 fully saturated rings. The summed E-state index contributed by atoms with van der Waals surface area (Å²) in [6, 6.07) is 3.17. The number of aliphatic carboxylic acids is 3. The second-order valence-corrected chi connectivity index (χ2v) is 35.4. The lowest BCUT2D eigenvalue weighted by Gasteiger charge is -2.39. The Bertz CT molecular complexity index is 4650. The van der Waals surface area contributed by atoms with Crippen LogP contribution < -0.4 is 48.9 Å². The largest absolute Gasteiger partial charge is 0.502 e. The third kappa shape index (κ3) is 32.8. The van der Waals surface area contributed by atoms with Gasteiger partial charge < -0.3 is 78.2 Å². The number of carbonyl (C=O) groups excluding carboxylic acids is 10. The number of Topliss-reactive ketones (excluding diaryl/α,β-unsaturated/α-hetero) is 3. The van der Waals surface area contributed by atoms with Crippen molar-refractivity contribution in [2.24, 2.45) is 47.2 Å². The number of nitrogens with one attached hydrogen (secondary N) is 8. The van der Waals surface area contributed by atoms with Crippen LogP contribution in [-0.2, 0) is 75.2 Å². The predicted molar refractivity (Wildman–Crippen MR) is 462 cm³/mol. The number of nitrogens with zero attached hydrogens (tertiary/aromatic N) is 7. The van der Waals surface area contributed by atoms with Crippen molar-refractivity contribution in [1.82, 2.24) is 61.3 Å². The number of likely N-dealkylation sites (N-methyl/N-ethyl adjacent to an activating group) is 1. The topological polar surface area (TPSA) is 603 Å². The van der Waals surface area contributed by atoms with Crippen molar-refractivity contribution in [3.05, 3.63) is 102 Å². The van der Waals surface area contributed by atoms with Gasteiger partial charge in [-0.05, 0) is 126 Å². The lowest BCUT2D eigenvalue weighted by atomic mass is 9.82. The van der Waals surface area contributed by atoms with E-state index in [2.05, 4.69) is 51.8 Å². The van der Waals surface area contributed by atoms with E-state index in [1.54, 1.807) is 10.3 Å². The maximum absolute atomic E-state index is 15.1. The van der Waals surface area contributed by atoms with Crippen LogP contribution in [0.15, 0.2) is 58.8 Å². The third-order valence-electron chi connectivity index (χ3n) is 21.2. The van der Waals surface area contributed by atoms with E-state index in [4.69, 9.17) is 31.3 Å². The van der Waals surface area contributed by atoms with Crippen LogP contribution in [0.5, 0.6) is 5.75 Å². The molecule has 39 nitrogen and oxygen atoms in total. The van der Waals surface area contributed by atoms with Crippen molar-refractivity contribution >= 4 is 144 Å². The zero-order chi connectivity index (χ0) is 91.8. The van der Waals surface area contributed by atoms with E-state index >= 15 is 4.79 Å².